The van der Waals surface area contributed by atoms with Gasteiger partial charge in [0.05, 0.1) is 6.10 Å². The molecule has 0 amide bonds. The molecule has 1 nitrogen and oxygen atoms in total. The van der Waals surface area contributed by atoms with Crippen molar-refractivity contribution < 1.29 is 9.50 Å². The van der Waals surface area contributed by atoms with Crippen LogP contribution in [0.3, 0.4) is 0 Å². The average molecular weight is 226 g/mol. The fourth-order valence-electron chi connectivity index (χ4n) is 1.70. The summed E-state index contributed by atoms with van der Waals surface area (Å²) in [6.45, 7) is 0. The summed E-state index contributed by atoms with van der Waals surface area (Å²) in [5, 5.41) is 9.78. The second-order valence-electron chi connectivity index (χ2n) is 4.03. The molecular weight excluding hydrogens is 211 g/mol. The molecule has 0 spiro atoms. The predicted molar refractivity (Wildman–Crippen MR) is 60.5 cm³/mol. The lowest BCUT2D eigenvalue weighted by atomic mass is 9.82. The Morgan fingerprint density at radius 3 is 2.87 bits per heavy atom. The molecule has 3 heteroatoms. The van der Waals surface area contributed by atoms with E-state index in [-0.39, 0.29) is 11.9 Å². The van der Waals surface area contributed by atoms with Gasteiger partial charge in [0.15, 0.2) is 0 Å². The van der Waals surface area contributed by atoms with Gasteiger partial charge in [-0.25, -0.2) is 4.39 Å². The highest BCUT2D eigenvalue weighted by Gasteiger charge is 2.25. The summed E-state index contributed by atoms with van der Waals surface area (Å²) in [5.41, 5.74) is 0. The first-order valence-electron chi connectivity index (χ1n) is 5.32. The van der Waals surface area contributed by atoms with Gasteiger partial charge in [-0.2, -0.15) is 0 Å². The zero-order valence-corrected chi connectivity index (χ0v) is 9.34. The Balaban J connectivity index is 1.81. The summed E-state index contributed by atoms with van der Waals surface area (Å²) in [7, 11) is 0. The van der Waals surface area contributed by atoms with E-state index in [1.54, 1.807) is 6.07 Å². The number of thioether (sulfide) groups is 1. The molecule has 1 saturated carbocycles. The van der Waals surface area contributed by atoms with Gasteiger partial charge < -0.3 is 5.11 Å². The summed E-state index contributed by atoms with van der Waals surface area (Å²) < 4.78 is 12.9. The fourth-order valence-corrected chi connectivity index (χ4v) is 2.71. The SMILES string of the molecule is OC(CSc1cccc(F)c1)C1CCC1. The zero-order chi connectivity index (χ0) is 10.7. The summed E-state index contributed by atoms with van der Waals surface area (Å²) in [5.74, 6) is 0.942. The molecule has 1 fully saturated rings. The Bertz CT molecular complexity index is 325. The Morgan fingerprint density at radius 2 is 2.27 bits per heavy atom. The molecule has 1 unspecified atom stereocenters. The normalized spacial score (nSPS) is 18.5. The number of halogens is 1. The third kappa shape index (κ3) is 2.95. The van der Waals surface area contributed by atoms with Crippen LogP contribution in [0.1, 0.15) is 19.3 Å². The number of aliphatic hydroxyl groups is 1. The van der Waals surface area contributed by atoms with Crippen LogP contribution >= 0.6 is 11.8 Å². The van der Waals surface area contributed by atoms with E-state index in [1.807, 2.05) is 6.07 Å². The highest BCUT2D eigenvalue weighted by Crippen LogP contribution is 2.32. The molecule has 1 aromatic carbocycles. The van der Waals surface area contributed by atoms with Crippen molar-refractivity contribution in [1.82, 2.24) is 0 Å². The van der Waals surface area contributed by atoms with E-state index in [9.17, 15) is 9.50 Å². The topological polar surface area (TPSA) is 20.2 Å². The Labute approximate surface area is 93.7 Å². The largest absolute Gasteiger partial charge is 0.392 e. The fraction of sp³-hybridized carbons (Fsp3) is 0.500. The molecule has 15 heavy (non-hydrogen) atoms. The van der Waals surface area contributed by atoms with E-state index in [1.165, 1.54) is 30.3 Å². The van der Waals surface area contributed by atoms with Gasteiger partial charge >= 0.3 is 0 Å². The molecule has 1 aliphatic rings. The Hall–Kier alpha value is -0.540. The van der Waals surface area contributed by atoms with Gasteiger partial charge in [-0.15, -0.1) is 11.8 Å². The molecule has 0 saturated heterocycles. The average Bonchev–Trinajstić information content (AvgIpc) is 2.12. The van der Waals surface area contributed by atoms with Crippen LogP contribution in [0.4, 0.5) is 4.39 Å². The van der Waals surface area contributed by atoms with E-state index in [4.69, 9.17) is 0 Å². The summed E-state index contributed by atoms with van der Waals surface area (Å²) in [4.78, 5) is 0.897. The van der Waals surface area contributed by atoms with Gasteiger partial charge in [-0.1, -0.05) is 12.5 Å². The molecule has 1 aromatic rings. The maximum atomic E-state index is 12.9. The van der Waals surface area contributed by atoms with Gasteiger partial charge in [0.2, 0.25) is 0 Å². The number of hydrogen-bond acceptors (Lipinski definition) is 2. The third-order valence-electron chi connectivity index (χ3n) is 2.91. The van der Waals surface area contributed by atoms with E-state index >= 15 is 0 Å². The molecule has 0 aliphatic heterocycles. The minimum absolute atomic E-state index is 0.210. The molecule has 0 aromatic heterocycles. The van der Waals surface area contributed by atoms with Crippen LogP contribution in [-0.4, -0.2) is 17.0 Å². The van der Waals surface area contributed by atoms with Crippen molar-refractivity contribution in [2.45, 2.75) is 30.3 Å². The Morgan fingerprint density at radius 1 is 1.47 bits per heavy atom. The highest BCUT2D eigenvalue weighted by atomic mass is 32.2. The van der Waals surface area contributed by atoms with E-state index in [0.29, 0.717) is 11.7 Å². The zero-order valence-electron chi connectivity index (χ0n) is 8.53. The molecular formula is C12H15FOS. The summed E-state index contributed by atoms with van der Waals surface area (Å²) in [6, 6.07) is 6.53. The van der Waals surface area contributed by atoms with E-state index in [0.717, 1.165) is 17.7 Å². The number of rotatable bonds is 4. The molecule has 1 aliphatic carbocycles. The first-order chi connectivity index (χ1) is 7.25. The van der Waals surface area contributed by atoms with E-state index in [2.05, 4.69) is 0 Å². The molecule has 82 valence electrons. The van der Waals surface area contributed by atoms with Gasteiger partial charge in [-0.3, -0.25) is 0 Å². The lowest BCUT2D eigenvalue weighted by Gasteiger charge is -2.29. The van der Waals surface area contributed by atoms with Gasteiger partial charge in [-0.05, 0) is 37.0 Å². The van der Waals surface area contributed by atoms with Crippen LogP contribution < -0.4 is 0 Å². The van der Waals surface area contributed by atoms with Gasteiger partial charge in [0, 0.05) is 10.6 Å². The van der Waals surface area contributed by atoms with Crippen molar-refractivity contribution in [1.29, 1.82) is 0 Å². The first kappa shape index (κ1) is 11.0. The van der Waals surface area contributed by atoms with Crippen LogP contribution in [0.15, 0.2) is 29.2 Å². The minimum Gasteiger partial charge on any atom is -0.392 e. The molecule has 1 N–H and O–H groups in total. The minimum atomic E-state index is -0.230. The number of hydrogen-bond donors (Lipinski definition) is 1. The van der Waals surface area contributed by atoms with Crippen LogP contribution in [0, 0.1) is 11.7 Å². The van der Waals surface area contributed by atoms with Crippen LogP contribution in [-0.2, 0) is 0 Å². The first-order valence-corrected chi connectivity index (χ1v) is 6.31. The molecule has 0 heterocycles. The van der Waals surface area contributed by atoms with Crippen molar-refractivity contribution in [3.05, 3.63) is 30.1 Å². The van der Waals surface area contributed by atoms with Crippen molar-refractivity contribution >= 4 is 11.8 Å². The van der Waals surface area contributed by atoms with Crippen molar-refractivity contribution in [2.75, 3.05) is 5.75 Å². The van der Waals surface area contributed by atoms with Crippen molar-refractivity contribution in [2.24, 2.45) is 5.92 Å². The molecule has 1 atom stereocenters. The van der Waals surface area contributed by atoms with Crippen molar-refractivity contribution in [3.63, 3.8) is 0 Å². The van der Waals surface area contributed by atoms with E-state index < -0.39 is 0 Å². The smallest absolute Gasteiger partial charge is 0.124 e. The number of aliphatic hydroxyl groups excluding tert-OH is 1. The standard InChI is InChI=1S/C12H15FOS/c13-10-5-2-6-11(7-10)15-8-12(14)9-3-1-4-9/h2,5-7,9,12,14H,1,3-4,8H2. The molecule has 0 bridgehead atoms. The summed E-state index contributed by atoms with van der Waals surface area (Å²) >= 11 is 1.53. The Kier molecular flexibility index (Phi) is 3.65. The highest BCUT2D eigenvalue weighted by molar-refractivity contribution is 7.99. The van der Waals surface area contributed by atoms with Crippen molar-refractivity contribution in [3.8, 4) is 0 Å². The van der Waals surface area contributed by atoms with Gasteiger partial charge in [0.25, 0.3) is 0 Å². The van der Waals surface area contributed by atoms with Gasteiger partial charge in [0.1, 0.15) is 5.82 Å². The second kappa shape index (κ2) is 4.99. The monoisotopic (exact) mass is 226 g/mol. The maximum Gasteiger partial charge on any atom is 0.124 e. The van der Waals surface area contributed by atoms with Crippen LogP contribution in [0.5, 0.6) is 0 Å². The molecule has 0 radical (unpaired) electrons. The maximum absolute atomic E-state index is 12.9. The lowest BCUT2D eigenvalue weighted by Crippen LogP contribution is -2.28. The predicted octanol–water partition coefficient (Wildman–Crippen LogP) is 3.08. The summed E-state index contributed by atoms with van der Waals surface area (Å²) in [6.07, 6.45) is 3.30. The molecule has 2 rings (SSSR count). The van der Waals surface area contributed by atoms with Crippen LogP contribution in [0.2, 0.25) is 0 Å². The lowest BCUT2D eigenvalue weighted by molar-refractivity contribution is 0.0817. The third-order valence-corrected chi connectivity index (χ3v) is 4.01. The quantitative estimate of drug-likeness (QED) is 0.796. The number of benzene rings is 1. The second-order valence-corrected chi connectivity index (χ2v) is 5.12. The van der Waals surface area contributed by atoms with Crippen LogP contribution in [0.25, 0.3) is 0 Å².